The average Bonchev–Trinajstić information content (AvgIpc) is 2.58. The summed E-state index contributed by atoms with van der Waals surface area (Å²) in [5, 5.41) is 21.2. The van der Waals surface area contributed by atoms with Crippen molar-refractivity contribution in [2.24, 2.45) is 0 Å². The molecule has 0 saturated heterocycles. The highest BCUT2D eigenvalue weighted by atomic mass is 15.2. The molecule has 2 aromatic rings. The van der Waals surface area contributed by atoms with Gasteiger partial charge in [0.2, 0.25) is 0 Å². The molecule has 23 heavy (non-hydrogen) atoms. The van der Waals surface area contributed by atoms with Gasteiger partial charge in [-0.25, -0.2) is 0 Å². The molecule has 0 saturated carbocycles. The van der Waals surface area contributed by atoms with Gasteiger partial charge in [-0.05, 0) is 36.1 Å². The number of aryl methyl sites for hydroxylation is 1. The normalized spacial score (nSPS) is 10.2. The average molecular weight is 309 g/mol. The maximum atomic E-state index is 9.50. The molecular weight excluding hydrogens is 286 g/mol. The van der Waals surface area contributed by atoms with Crippen LogP contribution in [0, 0.1) is 11.3 Å². The van der Waals surface area contributed by atoms with Crippen LogP contribution < -0.4 is 10.2 Å². The van der Waals surface area contributed by atoms with Crippen molar-refractivity contribution in [3.05, 3.63) is 46.6 Å². The number of hydrogen-bond donors (Lipinski definition) is 1. The fourth-order valence-electron chi connectivity index (χ4n) is 2.55. The fraction of sp³-hybridized carbons (Fsp3) is 0.389. The lowest BCUT2D eigenvalue weighted by Crippen LogP contribution is -2.11. The molecule has 1 N–H and O–H groups in total. The third kappa shape index (κ3) is 3.78. The minimum atomic E-state index is 0.566. The highest BCUT2D eigenvalue weighted by Gasteiger charge is 2.14. The molecule has 0 spiro atoms. The zero-order chi connectivity index (χ0) is 16.8. The van der Waals surface area contributed by atoms with E-state index in [-0.39, 0.29) is 0 Å². The second-order valence-electron chi connectivity index (χ2n) is 5.59. The maximum Gasteiger partial charge on any atom is 0.167 e. The van der Waals surface area contributed by atoms with Gasteiger partial charge in [0.1, 0.15) is 11.6 Å². The van der Waals surface area contributed by atoms with Gasteiger partial charge in [-0.2, -0.15) is 10.4 Å². The second-order valence-corrected chi connectivity index (χ2v) is 5.59. The van der Waals surface area contributed by atoms with Crippen molar-refractivity contribution in [3.8, 4) is 6.07 Å². The Balaban J connectivity index is 2.24. The van der Waals surface area contributed by atoms with Crippen LogP contribution in [0.5, 0.6) is 0 Å². The van der Waals surface area contributed by atoms with E-state index in [1.807, 2.05) is 34.0 Å². The van der Waals surface area contributed by atoms with Crippen LogP contribution in [0.15, 0.2) is 24.3 Å². The van der Waals surface area contributed by atoms with Gasteiger partial charge in [-0.15, -0.1) is 5.10 Å². The lowest BCUT2D eigenvalue weighted by Gasteiger charge is -2.15. The Bertz CT molecular complexity index is 716. The number of hydrogen-bond acceptors (Lipinski definition) is 5. The van der Waals surface area contributed by atoms with Crippen LogP contribution in [0.3, 0.4) is 0 Å². The molecule has 1 aromatic heterocycles. The summed E-state index contributed by atoms with van der Waals surface area (Å²) in [5.41, 5.74) is 4.80. The minimum absolute atomic E-state index is 0.566. The van der Waals surface area contributed by atoms with Crippen molar-refractivity contribution in [2.75, 3.05) is 24.3 Å². The second kappa shape index (κ2) is 7.59. The van der Waals surface area contributed by atoms with E-state index in [1.54, 1.807) is 0 Å². The first-order chi connectivity index (χ1) is 11.1. The van der Waals surface area contributed by atoms with Crippen molar-refractivity contribution in [1.29, 1.82) is 5.26 Å². The van der Waals surface area contributed by atoms with Gasteiger partial charge in [-0.1, -0.05) is 26.0 Å². The molecule has 0 amide bonds. The zero-order valence-electron chi connectivity index (χ0n) is 14.2. The molecule has 0 aliphatic carbocycles. The molecule has 2 rings (SSSR count). The molecule has 0 aliphatic rings. The van der Waals surface area contributed by atoms with E-state index in [0.717, 1.165) is 35.3 Å². The Labute approximate surface area is 138 Å². The first kappa shape index (κ1) is 16.8. The van der Waals surface area contributed by atoms with Gasteiger partial charge in [0.25, 0.3) is 0 Å². The Morgan fingerprint density at radius 3 is 2.57 bits per heavy atom. The smallest absolute Gasteiger partial charge is 0.167 e. The highest BCUT2D eigenvalue weighted by molar-refractivity contribution is 5.57. The van der Waals surface area contributed by atoms with Crippen molar-refractivity contribution in [2.45, 2.75) is 33.2 Å². The van der Waals surface area contributed by atoms with Gasteiger partial charge in [0.15, 0.2) is 5.82 Å². The number of rotatable bonds is 6. The summed E-state index contributed by atoms with van der Waals surface area (Å²) in [5.74, 6) is 0.566. The number of nitrogens with zero attached hydrogens (tertiary/aromatic N) is 4. The summed E-state index contributed by atoms with van der Waals surface area (Å²) in [6, 6.07) is 10.6. The van der Waals surface area contributed by atoms with Crippen LogP contribution in [0.4, 0.5) is 11.5 Å². The Morgan fingerprint density at radius 2 is 1.96 bits per heavy atom. The first-order valence-electron chi connectivity index (χ1n) is 7.89. The Kier molecular flexibility index (Phi) is 5.53. The van der Waals surface area contributed by atoms with Crippen LogP contribution in [-0.2, 0) is 19.4 Å². The molecule has 120 valence electrons. The van der Waals surface area contributed by atoms with Gasteiger partial charge in [0.05, 0.1) is 5.69 Å². The molecule has 5 heteroatoms. The minimum Gasteiger partial charge on any atom is -0.378 e. The Morgan fingerprint density at radius 1 is 1.17 bits per heavy atom. The molecule has 0 atom stereocenters. The topological polar surface area (TPSA) is 64.8 Å². The number of aromatic nitrogens is 2. The molecule has 5 nitrogen and oxygen atoms in total. The first-order valence-corrected chi connectivity index (χ1v) is 7.89. The highest BCUT2D eigenvalue weighted by Crippen LogP contribution is 2.21. The van der Waals surface area contributed by atoms with E-state index >= 15 is 0 Å². The molecule has 0 unspecified atom stereocenters. The van der Waals surface area contributed by atoms with Crippen molar-refractivity contribution < 1.29 is 0 Å². The van der Waals surface area contributed by atoms with Crippen molar-refractivity contribution in [1.82, 2.24) is 10.2 Å². The van der Waals surface area contributed by atoms with E-state index < -0.39 is 0 Å². The molecule has 0 fully saturated rings. The van der Waals surface area contributed by atoms with E-state index in [1.165, 1.54) is 0 Å². The van der Waals surface area contributed by atoms with Gasteiger partial charge < -0.3 is 10.2 Å². The molecule has 1 aromatic carbocycles. The maximum absolute atomic E-state index is 9.50. The third-order valence-electron chi connectivity index (χ3n) is 3.84. The SMILES string of the molecule is CCc1nnc(NCc2cccc(N(C)C)c2)c(C#N)c1CC. The van der Waals surface area contributed by atoms with E-state index in [4.69, 9.17) is 0 Å². The summed E-state index contributed by atoms with van der Waals surface area (Å²) in [6.07, 6.45) is 1.57. The van der Waals surface area contributed by atoms with Crippen LogP contribution in [-0.4, -0.2) is 24.3 Å². The van der Waals surface area contributed by atoms with Gasteiger partial charge in [-0.3, -0.25) is 0 Å². The quantitative estimate of drug-likeness (QED) is 0.888. The van der Waals surface area contributed by atoms with Crippen molar-refractivity contribution >= 4 is 11.5 Å². The Hall–Kier alpha value is -2.61. The number of nitrogens with one attached hydrogen (secondary N) is 1. The summed E-state index contributed by atoms with van der Waals surface area (Å²) in [4.78, 5) is 2.06. The molecule has 0 aliphatic heterocycles. The van der Waals surface area contributed by atoms with Crippen LogP contribution >= 0.6 is 0 Å². The summed E-state index contributed by atoms with van der Waals surface area (Å²) in [6.45, 7) is 4.69. The van der Waals surface area contributed by atoms with E-state index in [2.05, 4.69) is 44.7 Å². The number of anilines is 2. The van der Waals surface area contributed by atoms with E-state index in [0.29, 0.717) is 17.9 Å². The lowest BCUT2D eigenvalue weighted by molar-refractivity contribution is 0.869. The number of nitriles is 1. The fourth-order valence-corrected chi connectivity index (χ4v) is 2.55. The van der Waals surface area contributed by atoms with Gasteiger partial charge in [0, 0.05) is 26.3 Å². The van der Waals surface area contributed by atoms with Crippen molar-refractivity contribution in [3.63, 3.8) is 0 Å². The number of benzene rings is 1. The largest absolute Gasteiger partial charge is 0.378 e. The monoisotopic (exact) mass is 309 g/mol. The molecule has 0 radical (unpaired) electrons. The molecule has 0 bridgehead atoms. The van der Waals surface area contributed by atoms with Crippen LogP contribution in [0.1, 0.15) is 36.2 Å². The summed E-state index contributed by atoms with van der Waals surface area (Å²) >= 11 is 0. The predicted octanol–water partition coefficient (Wildman–Crippen LogP) is 3.15. The zero-order valence-corrected chi connectivity index (χ0v) is 14.2. The molecular formula is C18H23N5. The summed E-state index contributed by atoms with van der Waals surface area (Å²) in [7, 11) is 4.03. The standard InChI is InChI=1S/C18H23N5/c1-5-15-16(11-19)18(22-21-17(15)6-2)20-12-13-8-7-9-14(10-13)23(3)4/h7-10H,5-6,12H2,1-4H3,(H,20,22). The van der Waals surface area contributed by atoms with Crippen LogP contribution in [0.2, 0.25) is 0 Å². The molecule has 1 heterocycles. The third-order valence-corrected chi connectivity index (χ3v) is 3.84. The van der Waals surface area contributed by atoms with Gasteiger partial charge >= 0.3 is 0 Å². The lowest BCUT2D eigenvalue weighted by atomic mass is 10.0. The van der Waals surface area contributed by atoms with Crippen LogP contribution in [0.25, 0.3) is 0 Å². The summed E-state index contributed by atoms with van der Waals surface area (Å²) < 4.78 is 0. The predicted molar refractivity (Wildman–Crippen MR) is 93.6 cm³/mol. The van der Waals surface area contributed by atoms with E-state index in [9.17, 15) is 5.26 Å².